The van der Waals surface area contributed by atoms with Crippen LogP contribution in [0.2, 0.25) is 0 Å². The predicted molar refractivity (Wildman–Crippen MR) is 94.8 cm³/mol. The average Bonchev–Trinajstić information content (AvgIpc) is 3.01. The van der Waals surface area contributed by atoms with Crippen molar-refractivity contribution < 1.29 is 9.66 Å². The first-order valence-electron chi connectivity index (χ1n) is 7.29. The van der Waals surface area contributed by atoms with E-state index in [0.29, 0.717) is 22.5 Å². The van der Waals surface area contributed by atoms with E-state index >= 15 is 0 Å². The molecule has 0 bridgehead atoms. The van der Waals surface area contributed by atoms with Gasteiger partial charge in [-0.3, -0.25) is 10.1 Å². The van der Waals surface area contributed by atoms with E-state index in [-0.39, 0.29) is 5.69 Å². The first kappa shape index (κ1) is 16.8. The van der Waals surface area contributed by atoms with Gasteiger partial charge in [0, 0.05) is 23.4 Å². The van der Waals surface area contributed by atoms with E-state index in [1.165, 1.54) is 28.6 Å². The Morgan fingerprint density at radius 3 is 2.68 bits per heavy atom. The van der Waals surface area contributed by atoms with Crippen molar-refractivity contribution in [1.82, 2.24) is 14.9 Å². The molecule has 0 saturated carbocycles. The highest BCUT2D eigenvalue weighted by Crippen LogP contribution is 2.26. The zero-order valence-corrected chi connectivity index (χ0v) is 14.1. The fraction of sp³-hybridized carbons (Fsp3) is 0.125. The molecule has 3 rings (SSSR count). The molecule has 9 heteroatoms. The predicted octanol–water partition coefficient (Wildman–Crippen LogP) is 2.87. The van der Waals surface area contributed by atoms with Gasteiger partial charge in [-0.15, -0.1) is 10.2 Å². The topological polar surface area (TPSA) is 109 Å². The van der Waals surface area contributed by atoms with Crippen LogP contribution in [0, 0.1) is 10.1 Å². The van der Waals surface area contributed by atoms with E-state index in [9.17, 15) is 10.1 Å². The first-order valence-corrected chi connectivity index (χ1v) is 8.28. The Labute approximate surface area is 147 Å². The summed E-state index contributed by atoms with van der Waals surface area (Å²) >= 11 is 1.40. The van der Waals surface area contributed by atoms with Gasteiger partial charge >= 0.3 is 0 Å². The molecule has 1 aromatic heterocycles. The number of hydrogen-bond donors (Lipinski definition) is 1. The van der Waals surface area contributed by atoms with Crippen molar-refractivity contribution in [3.8, 4) is 17.1 Å². The van der Waals surface area contributed by atoms with Crippen molar-refractivity contribution in [2.24, 2.45) is 0 Å². The smallest absolute Gasteiger partial charge is 0.269 e. The van der Waals surface area contributed by atoms with Crippen LogP contribution in [0.25, 0.3) is 11.4 Å². The molecule has 0 radical (unpaired) electrons. The van der Waals surface area contributed by atoms with E-state index in [4.69, 9.17) is 10.6 Å². The van der Waals surface area contributed by atoms with Crippen LogP contribution in [0.5, 0.6) is 5.75 Å². The second kappa shape index (κ2) is 7.22. The number of ether oxygens (including phenoxy) is 1. The van der Waals surface area contributed by atoms with Gasteiger partial charge in [-0.25, -0.2) is 4.68 Å². The lowest BCUT2D eigenvalue weighted by Gasteiger charge is -2.05. The molecule has 8 nitrogen and oxygen atoms in total. The molecule has 0 amide bonds. The van der Waals surface area contributed by atoms with Crippen LogP contribution in [-0.2, 0) is 5.75 Å². The molecule has 2 N–H and O–H groups in total. The van der Waals surface area contributed by atoms with Crippen LogP contribution in [0.1, 0.15) is 5.56 Å². The fourth-order valence-electron chi connectivity index (χ4n) is 2.20. The summed E-state index contributed by atoms with van der Waals surface area (Å²) in [5.41, 5.74) is 1.80. The quantitative estimate of drug-likeness (QED) is 0.313. The summed E-state index contributed by atoms with van der Waals surface area (Å²) in [5, 5.41) is 19.5. The molecule has 0 saturated heterocycles. The third-order valence-electron chi connectivity index (χ3n) is 3.51. The Balaban J connectivity index is 1.74. The maximum Gasteiger partial charge on any atom is 0.269 e. The third-order valence-corrected chi connectivity index (χ3v) is 4.52. The molecule has 0 fully saturated rings. The molecule has 0 aliphatic carbocycles. The van der Waals surface area contributed by atoms with E-state index in [1.54, 1.807) is 19.2 Å². The Bertz CT molecular complexity index is 895. The molecule has 0 unspecified atom stereocenters. The SMILES string of the molecule is COc1cccc(-c2nnc(SCc3ccc([N+](=O)[O-])cc3)n2N)c1. The molecule has 25 heavy (non-hydrogen) atoms. The first-order chi connectivity index (χ1) is 12.1. The van der Waals surface area contributed by atoms with Gasteiger partial charge in [-0.05, 0) is 17.7 Å². The van der Waals surface area contributed by atoms with E-state index in [1.807, 2.05) is 24.3 Å². The molecule has 3 aromatic rings. The van der Waals surface area contributed by atoms with Crippen molar-refractivity contribution in [3.63, 3.8) is 0 Å². The fourth-order valence-corrected chi connectivity index (χ4v) is 3.01. The van der Waals surface area contributed by atoms with Gasteiger partial charge in [0.15, 0.2) is 5.82 Å². The summed E-state index contributed by atoms with van der Waals surface area (Å²) in [5.74, 6) is 7.91. The number of nitrogens with two attached hydrogens (primary N) is 1. The lowest BCUT2D eigenvalue weighted by molar-refractivity contribution is -0.384. The average molecular weight is 357 g/mol. The minimum atomic E-state index is -0.423. The zero-order chi connectivity index (χ0) is 17.8. The number of nitrogens with zero attached hydrogens (tertiary/aromatic N) is 4. The van der Waals surface area contributed by atoms with Crippen LogP contribution in [0.15, 0.2) is 53.7 Å². The van der Waals surface area contributed by atoms with Crippen molar-refractivity contribution in [1.29, 1.82) is 0 Å². The molecule has 0 aliphatic heterocycles. The highest BCUT2D eigenvalue weighted by Gasteiger charge is 2.13. The number of benzene rings is 2. The standard InChI is InChI=1S/C16H15N5O3S/c1-24-14-4-2-3-12(9-14)15-18-19-16(20(15)17)25-10-11-5-7-13(8-6-11)21(22)23/h2-9H,10,17H2,1H3. The second-order valence-corrected chi connectivity index (χ2v) is 6.06. The molecule has 1 heterocycles. The number of nitro groups is 1. The van der Waals surface area contributed by atoms with Crippen LogP contribution < -0.4 is 10.6 Å². The Morgan fingerprint density at radius 2 is 2.00 bits per heavy atom. The maximum atomic E-state index is 10.7. The second-order valence-electron chi connectivity index (χ2n) is 5.12. The molecule has 0 spiro atoms. The molecular formula is C16H15N5O3S. The van der Waals surface area contributed by atoms with Gasteiger partial charge in [0.2, 0.25) is 5.16 Å². The van der Waals surface area contributed by atoms with Gasteiger partial charge in [-0.1, -0.05) is 36.0 Å². The van der Waals surface area contributed by atoms with Crippen LogP contribution in [0.4, 0.5) is 5.69 Å². The van der Waals surface area contributed by atoms with Crippen molar-refractivity contribution in [2.75, 3.05) is 13.0 Å². The summed E-state index contributed by atoms with van der Waals surface area (Å²) in [7, 11) is 1.60. The number of nitro benzene ring substituents is 1. The summed E-state index contributed by atoms with van der Waals surface area (Å²) in [4.78, 5) is 10.2. The van der Waals surface area contributed by atoms with Crippen molar-refractivity contribution in [3.05, 3.63) is 64.2 Å². The van der Waals surface area contributed by atoms with Gasteiger partial charge in [0.25, 0.3) is 5.69 Å². The highest BCUT2D eigenvalue weighted by atomic mass is 32.2. The molecule has 0 atom stereocenters. The minimum Gasteiger partial charge on any atom is -0.497 e. The third kappa shape index (κ3) is 3.72. The monoisotopic (exact) mass is 357 g/mol. The summed E-state index contributed by atoms with van der Waals surface area (Å²) in [6, 6.07) is 13.8. The van der Waals surface area contributed by atoms with Crippen molar-refractivity contribution >= 4 is 17.4 Å². The Morgan fingerprint density at radius 1 is 1.24 bits per heavy atom. The number of thioether (sulfide) groups is 1. The van der Waals surface area contributed by atoms with Gasteiger partial charge in [0.1, 0.15) is 5.75 Å². The molecule has 2 aromatic carbocycles. The summed E-state index contributed by atoms with van der Waals surface area (Å²) < 4.78 is 6.62. The molecule has 128 valence electrons. The van der Waals surface area contributed by atoms with Gasteiger partial charge in [0.05, 0.1) is 12.0 Å². The largest absolute Gasteiger partial charge is 0.497 e. The minimum absolute atomic E-state index is 0.0658. The lowest BCUT2D eigenvalue weighted by atomic mass is 10.2. The zero-order valence-electron chi connectivity index (χ0n) is 13.3. The number of non-ortho nitro benzene ring substituents is 1. The van der Waals surface area contributed by atoms with Crippen molar-refractivity contribution in [2.45, 2.75) is 10.9 Å². The normalized spacial score (nSPS) is 10.6. The van der Waals surface area contributed by atoms with Gasteiger partial charge < -0.3 is 10.6 Å². The summed E-state index contributed by atoms with van der Waals surface area (Å²) in [6.07, 6.45) is 0. The van der Waals surface area contributed by atoms with Crippen LogP contribution in [0.3, 0.4) is 0 Å². The highest BCUT2D eigenvalue weighted by molar-refractivity contribution is 7.98. The number of methoxy groups -OCH3 is 1. The van der Waals surface area contributed by atoms with E-state index in [2.05, 4.69) is 10.2 Å². The van der Waals surface area contributed by atoms with E-state index < -0.39 is 4.92 Å². The summed E-state index contributed by atoms with van der Waals surface area (Å²) in [6.45, 7) is 0. The molecular weight excluding hydrogens is 342 g/mol. The Hall–Kier alpha value is -3.07. The number of aromatic nitrogens is 3. The van der Waals surface area contributed by atoms with Crippen LogP contribution in [-0.4, -0.2) is 26.9 Å². The molecule has 0 aliphatic rings. The van der Waals surface area contributed by atoms with E-state index in [0.717, 1.165) is 11.1 Å². The number of nitrogen functional groups attached to an aromatic ring is 1. The van der Waals surface area contributed by atoms with Gasteiger partial charge in [-0.2, -0.15) is 0 Å². The Kier molecular flexibility index (Phi) is 4.85. The number of hydrogen-bond acceptors (Lipinski definition) is 7. The van der Waals surface area contributed by atoms with Crippen LogP contribution >= 0.6 is 11.8 Å². The number of rotatable bonds is 6. The maximum absolute atomic E-state index is 10.7. The lowest BCUT2D eigenvalue weighted by Crippen LogP contribution is -2.11.